The summed E-state index contributed by atoms with van der Waals surface area (Å²) >= 11 is 0. The van der Waals surface area contributed by atoms with E-state index < -0.39 is 35.8 Å². The summed E-state index contributed by atoms with van der Waals surface area (Å²) in [5.41, 5.74) is 25.9. The third-order valence-electron chi connectivity index (χ3n) is 7.22. The first kappa shape index (κ1) is 31.8. The van der Waals surface area contributed by atoms with Crippen molar-refractivity contribution in [3.8, 4) is 22.6 Å². The molecule has 0 saturated carbocycles. The highest BCUT2D eigenvalue weighted by molar-refractivity contribution is 5.93. The molecule has 0 radical (unpaired) electrons. The minimum Gasteiger partial charge on any atom is -0.508 e. The summed E-state index contributed by atoms with van der Waals surface area (Å²) in [6.45, 7) is 1.05. The largest absolute Gasteiger partial charge is 0.508 e. The molecular formula is C29H43N7O5. The fourth-order valence-electron chi connectivity index (χ4n) is 4.77. The van der Waals surface area contributed by atoms with Gasteiger partial charge in [-0.25, -0.2) is 0 Å². The van der Waals surface area contributed by atoms with Gasteiger partial charge in [0, 0.05) is 25.4 Å². The Hall–Kier alpha value is -3.71. The van der Waals surface area contributed by atoms with Crippen molar-refractivity contribution in [2.45, 2.75) is 69.1 Å². The molecule has 4 bridgehead atoms. The fourth-order valence-corrected chi connectivity index (χ4v) is 4.77. The predicted octanol–water partition coefficient (Wildman–Crippen LogP) is -0.528. The zero-order valence-corrected chi connectivity index (χ0v) is 23.3. The summed E-state index contributed by atoms with van der Waals surface area (Å²) in [5.74, 6) is -1.70. The maximum absolute atomic E-state index is 13.4. The molecule has 3 rings (SSSR count). The summed E-state index contributed by atoms with van der Waals surface area (Å²) in [5, 5.41) is 29.4. The second-order valence-electron chi connectivity index (χ2n) is 10.5. The summed E-state index contributed by atoms with van der Waals surface area (Å²) in [6.07, 6.45) is 3.01. The van der Waals surface area contributed by atoms with E-state index in [4.69, 9.17) is 22.9 Å². The number of carbonyl (C=O) groups excluding carboxylic acids is 3. The van der Waals surface area contributed by atoms with Crippen molar-refractivity contribution in [1.29, 1.82) is 0 Å². The molecule has 1 unspecified atom stereocenters. The molecular weight excluding hydrogens is 526 g/mol. The van der Waals surface area contributed by atoms with Crippen LogP contribution in [0.3, 0.4) is 0 Å². The van der Waals surface area contributed by atoms with Crippen molar-refractivity contribution >= 4 is 17.7 Å². The lowest BCUT2D eigenvalue weighted by Crippen LogP contribution is -2.57. The average molecular weight is 570 g/mol. The van der Waals surface area contributed by atoms with Crippen molar-refractivity contribution in [3.63, 3.8) is 0 Å². The normalized spacial score (nSPS) is 20.2. The van der Waals surface area contributed by atoms with Crippen LogP contribution in [0.25, 0.3) is 11.1 Å². The molecule has 0 aromatic heterocycles. The molecule has 3 amide bonds. The number of hydrogen-bond donors (Lipinski definition) is 9. The van der Waals surface area contributed by atoms with E-state index in [0.29, 0.717) is 42.6 Å². The smallest absolute Gasteiger partial charge is 0.243 e. The Morgan fingerprint density at radius 2 is 1.51 bits per heavy atom. The van der Waals surface area contributed by atoms with E-state index in [1.807, 2.05) is 0 Å². The Balaban J connectivity index is 1.97. The van der Waals surface area contributed by atoms with Gasteiger partial charge in [0.2, 0.25) is 17.7 Å². The number of carbonyl (C=O) groups is 3. The molecule has 1 aliphatic heterocycles. The van der Waals surface area contributed by atoms with Gasteiger partial charge >= 0.3 is 0 Å². The molecule has 224 valence electrons. The van der Waals surface area contributed by atoms with Crippen LogP contribution in [0, 0.1) is 0 Å². The van der Waals surface area contributed by atoms with Crippen molar-refractivity contribution in [2.24, 2.45) is 22.9 Å². The third-order valence-corrected chi connectivity index (χ3v) is 7.22. The van der Waals surface area contributed by atoms with E-state index in [2.05, 4.69) is 16.0 Å². The number of rotatable bonds is 10. The molecule has 0 fully saturated rings. The number of nitrogens with one attached hydrogen (secondary N) is 3. The summed E-state index contributed by atoms with van der Waals surface area (Å²) < 4.78 is 0. The topological polar surface area (TPSA) is 232 Å². The minimum atomic E-state index is -1.08. The zero-order chi connectivity index (χ0) is 29.9. The van der Waals surface area contributed by atoms with Crippen LogP contribution in [-0.4, -0.2) is 71.7 Å². The number of nitrogens with two attached hydrogens (primary N) is 4. The van der Waals surface area contributed by atoms with E-state index in [0.717, 1.165) is 18.4 Å². The van der Waals surface area contributed by atoms with Crippen LogP contribution in [0.1, 0.15) is 43.2 Å². The highest BCUT2D eigenvalue weighted by atomic mass is 16.3. The maximum atomic E-state index is 13.4. The van der Waals surface area contributed by atoms with E-state index in [9.17, 15) is 24.6 Å². The lowest BCUT2D eigenvalue weighted by Gasteiger charge is -2.25. The van der Waals surface area contributed by atoms with Gasteiger partial charge in [-0.1, -0.05) is 18.6 Å². The average Bonchev–Trinajstić information content (AvgIpc) is 2.95. The molecule has 0 aliphatic carbocycles. The molecule has 12 heteroatoms. The first-order chi connectivity index (χ1) is 19.6. The number of aromatic hydroxyl groups is 2. The quantitative estimate of drug-likeness (QED) is 0.167. The number of fused-ring (bicyclic) bond motifs is 5. The van der Waals surface area contributed by atoms with Gasteiger partial charge in [0.25, 0.3) is 0 Å². The van der Waals surface area contributed by atoms with Crippen LogP contribution < -0.4 is 38.9 Å². The van der Waals surface area contributed by atoms with Crippen LogP contribution in [0.4, 0.5) is 0 Å². The van der Waals surface area contributed by atoms with Crippen molar-refractivity contribution in [1.82, 2.24) is 16.0 Å². The van der Waals surface area contributed by atoms with Gasteiger partial charge in [-0.05, 0) is 85.3 Å². The zero-order valence-electron chi connectivity index (χ0n) is 23.3. The Morgan fingerprint density at radius 3 is 2.12 bits per heavy atom. The van der Waals surface area contributed by atoms with Crippen molar-refractivity contribution in [2.75, 3.05) is 19.6 Å². The van der Waals surface area contributed by atoms with E-state index >= 15 is 0 Å². The van der Waals surface area contributed by atoms with Gasteiger partial charge in [-0.2, -0.15) is 0 Å². The number of unbranched alkanes of at least 4 members (excludes halogenated alkanes) is 1. The lowest BCUT2D eigenvalue weighted by molar-refractivity contribution is -0.132. The molecule has 0 saturated heterocycles. The highest BCUT2D eigenvalue weighted by Gasteiger charge is 2.29. The minimum absolute atomic E-state index is 0.0179. The van der Waals surface area contributed by atoms with Crippen LogP contribution in [0.15, 0.2) is 36.4 Å². The number of benzene rings is 2. The SMILES string of the molecule is NCCCC[C@H](N)CNC(=O)C1Cc2cc(ccc2O)-c2ccc(O)c(c2)C[C@H](N)C(=O)N[C@@H](CCCN)C(=O)N1. The van der Waals surface area contributed by atoms with Crippen molar-refractivity contribution in [3.05, 3.63) is 47.5 Å². The van der Waals surface area contributed by atoms with Gasteiger partial charge in [-0.15, -0.1) is 0 Å². The first-order valence-electron chi connectivity index (χ1n) is 14.1. The van der Waals surface area contributed by atoms with Crippen LogP contribution in [0.2, 0.25) is 0 Å². The molecule has 12 nitrogen and oxygen atoms in total. The molecule has 2 aromatic rings. The molecule has 4 atom stereocenters. The Labute approximate surface area is 240 Å². The third kappa shape index (κ3) is 9.15. The van der Waals surface area contributed by atoms with Gasteiger partial charge in [0.15, 0.2) is 0 Å². The van der Waals surface area contributed by atoms with Crippen LogP contribution >= 0.6 is 0 Å². The molecule has 1 aliphatic rings. The lowest BCUT2D eigenvalue weighted by atomic mass is 9.95. The molecule has 0 spiro atoms. The second-order valence-corrected chi connectivity index (χ2v) is 10.5. The summed E-state index contributed by atoms with van der Waals surface area (Å²) in [6, 6.07) is 6.47. The number of phenolic OH excluding ortho intramolecular Hbond substituents is 2. The van der Waals surface area contributed by atoms with Gasteiger partial charge in [0.05, 0.1) is 6.04 Å². The number of phenols is 2. The Bertz CT molecular complexity index is 1210. The monoisotopic (exact) mass is 569 g/mol. The molecule has 2 aromatic carbocycles. The number of amides is 3. The van der Waals surface area contributed by atoms with E-state index in [-0.39, 0.29) is 43.3 Å². The standard InChI is InChI=1S/C29H43N7O5/c30-10-2-1-4-21(32)16-34-28(40)24-15-20-13-18(7-9-26(20)38)17-6-8-25(37)19(12-17)14-22(33)27(39)35-23(5-3-11-31)29(41)36-24/h6-9,12-13,21-24,37-38H,1-5,10-11,14-16,30-33H2,(H,34,40)(H,35,39)(H,36,41)/t21-,22-,23-,24?/m0/s1. The van der Waals surface area contributed by atoms with Crippen LogP contribution in [0.5, 0.6) is 11.5 Å². The maximum Gasteiger partial charge on any atom is 0.243 e. The Kier molecular flexibility index (Phi) is 11.9. The molecule has 1 heterocycles. The van der Waals surface area contributed by atoms with E-state index in [1.165, 1.54) is 12.1 Å². The summed E-state index contributed by atoms with van der Waals surface area (Å²) in [7, 11) is 0. The van der Waals surface area contributed by atoms with Gasteiger partial charge in [0.1, 0.15) is 23.6 Å². The van der Waals surface area contributed by atoms with Gasteiger partial charge < -0.3 is 49.1 Å². The van der Waals surface area contributed by atoms with Gasteiger partial charge in [-0.3, -0.25) is 14.4 Å². The second kappa shape index (κ2) is 15.3. The molecule has 41 heavy (non-hydrogen) atoms. The number of hydrogen-bond acceptors (Lipinski definition) is 9. The molecule has 13 N–H and O–H groups in total. The van der Waals surface area contributed by atoms with Crippen LogP contribution in [-0.2, 0) is 27.2 Å². The fraction of sp³-hybridized carbons (Fsp3) is 0.483. The van der Waals surface area contributed by atoms with Crippen molar-refractivity contribution < 1.29 is 24.6 Å². The first-order valence-corrected chi connectivity index (χ1v) is 14.1. The Morgan fingerprint density at radius 1 is 0.902 bits per heavy atom. The highest BCUT2D eigenvalue weighted by Crippen LogP contribution is 2.30. The van der Waals surface area contributed by atoms with E-state index in [1.54, 1.807) is 24.3 Å². The summed E-state index contributed by atoms with van der Waals surface area (Å²) in [4.78, 5) is 39.8. The predicted molar refractivity (Wildman–Crippen MR) is 157 cm³/mol.